The number of nitrogens with zero attached hydrogens (tertiary/aromatic N) is 2. The highest BCUT2D eigenvalue weighted by atomic mass is 16.5. The molecule has 0 saturated heterocycles. The van der Waals surface area contributed by atoms with Gasteiger partial charge in [0.2, 0.25) is 5.75 Å². The molecule has 0 spiro atoms. The SMILES string of the molecule is COc1ccc(OC)c(CN2CCCn3cccc3[C@H]2c2cc(OC)c(OC)c(OC)c2)c1. The van der Waals surface area contributed by atoms with E-state index in [2.05, 4.69) is 33.9 Å². The molecule has 0 unspecified atom stereocenters. The molecule has 1 aliphatic rings. The first-order chi connectivity index (χ1) is 16.1. The van der Waals surface area contributed by atoms with Gasteiger partial charge in [-0.15, -0.1) is 0 Å². The van der Waals surface area contributed by atoms with Gasteiger partial charge in [-0.2, -0.15) is 0 Å². The number of rotatable bonds is 8. The molecular formula is C26H32N2O5. The Hall–Kier alpha value is -3.32. The van der Waals surface area contributed by atoms with Gasteiger partial charge < -0.3 is 28.3 Å². The van der Waals surface area contributed by atoms with Crippen LogP contribution in [0.5, 0.6) is 28.7 Å². The number of methoxy groups -OCH3 is 5. The molecule has 0 N–H and O–H groups in total. The number of aryl methyl sites for hydroxylation is 1. The average molecular weight is 453 g/mol. The third kappa shape index (κ3) is 4.46. The van der Waals surface area contributed by atoms with Crippen molar-refractivity contribution in [3.63, 3.8) is 0 Å². The second kappa shape index (κ2) is 10.1. The molecule has 0 fully saturated rings. The fourth-order valence-corrected chi connectivity index (χ4v) is 4.67. The summed E-state index contributed by atoms with van der Waals surface area (Å²) in [5, 5.41) is 0. The maximum absolute atomic E-state index is 5.67. The topological polar surface area (TPSA) is 54.3 Å². The molecule has 0 amide bonds. The normalized spacial score (nSPS) is 16.0. The van der Waals surface area contributed by atoms with Crippen LogP contribution in [0.25, 0.3) is 0 Å². The number of ether oxygens (including phenoxy) is 5. The van der Waals surface area contributed by atoms with Gasteiger partial charge in [0, 0.05) is 37.1 Å². The van der Waals surface area contributed by atoms with E-state index in [4.69, 9.17) is 23.7 Å². The highest BCUT2D eigenvalue weighted by Gasteiger charge is 2.30. The van der Waals surface area contributed by atoms with Crippen LogP contribution >= 0.6 is 0 Å². The van der Waals surface area contributed by atoms with Crippen LogP contribution < -0.4 is 23.7 Å². The molecule has 0 radical (unpaired) electrons. The van der Waals surface area contributed by atoms with Crippen LogP contribution in [0.1, 0.15) is 29.3 Å². The highest BCUT2D eigenvalue weighted by molar-refractivity contribution is 5.55. The van der Waals surface area contributed by atoms with Crippen LogP contribution in [-0.4, -0.2) is 51.6 Å². The van der Waals surface area contributed by atoms with Gasteiger partial charge >= 0.3 is 0 Å². The Morgan fingerprint density at radius 3 is 2.15 bits per heavy atom. The first kappa shape index (κ1) is 22.9. The first-order valence-corrected chi connectivity index (χ1v) is 11.0. The molecule has 0 saturated carbocycles. The van der Waals surface area contributed by atoms with Crippen molar-refractivity contribution in [3.05, 3.63) is 65.5 Å². The summed E-state index contributed by atoms with van der Waals surface area (Å²) < 4.78 is 30.4. The van der Waals surface area contributed by atoms with Crippen molar-refractivity contribution in [2.45, 2.75) is 25.6 Å². The standard InChI is InChI=1S/C26H32N2O5/c1-29-20-9-10-22(30-2)19(14-20)17-28-13-7-12-27-11-6-8-21(27)25(28)18-15-23(31-3)26(33-5)24(16-18)32-4/h6,8-11,14-16,25H,7,12-13,17H2,1-5H3/t25-/m1/s1. The number of aromatic nitrogens is 1. The molecule has 2 heterocycles. The van der Waals surface area contributed by atoms with Gasteiger partial charge in [-0.25, -0.2) is 0 Å². The van der Waals surface area contributed by atoms with Crippen LogP contribution in [0.2, 0.25) is 0 Å². The summed E-state index contributed by atoms with van der Waals surface area (Å²) in [6.45, 7) is 2.59. The second-order valence-corrected chi connectivity index (χ2v) is 7.99. The van der Waals surface area contributed by atoms with Crippen molar-refractivity contribution in [1.82, 2.24) is 9.47 Å². The zero-order chi connectivity index (χ0) is 23.4. The summed E-state index contributed by atoms with van der Waals surface area (Å²) in [4.78, 5) is 2.47. The van der Waals surface area contributed by atoms with Gasteiger partial charge in [0.15, 0.2) is 11.5 Å². The summed E-state index contributed by atoms with van der Waals surface area (Å²) >= 11 is 0. The maximum Gasteiger partial charge on any atom is 0.203 e. The van der Waals surface area contributed by atoms with Crippen LogP contribution in [0.4, 0.5) is 0 Å². The Labute approximate surface area is 195 Å². The molecule has 0 aliphatic carbocycles. The fraction of sp³-hybridized carbons (Fsp3) is 0.385. The number of benzene rings is 2. The van der Waals surface area contributed by atoms with Gasteiger partial charge in [-0.1, -0.05) is 0 Å². The molecule has 3 aromatic rings. The lowest BCUT2D eigenvalue weighted by Crippen LogP contribution is -2.29. The number of hydrogen-bond acceptors (Lipinski definition) is 6. The molecule has 176 valence electrons. The molecule has 1 atom stereocenters. The van der Waals surface area contributed by atoms with Crippen LogP contribution in [-0.2, 0) is 13.1 Å². The van der Waals surface area contributed by atoms with Crippen LogP contribution in [0.3, 0.4) is 0 Å². The van der Waals surface area contributed by atoms with Crippen molar-refractivity contribution in [1.29, 1.82) is 0 Å². The summed E-state index contributed by atoms with van der Waals surface area (Å²) in [5.41, 5.74) is 3.38. The van der Waals surface area contributed by atoms with E-state index in [0.717, 1.165) is 42.1 Å². The van der Waals surface area contributed by atoms with E-state index in [1.807, 2.05) is 24.3 Å². The van der Waals surface area contributed by atoms with Crippen molar-refractivity contribution in [2.24, 2.45) is 0 Å². The molecule has 1 aliphatic heterocycles. The largest absolute Gasteiger partial charge is 0.497 e. The van der Waals surface area contributed by atoms with Gasteiger partial charge in [-0.05, 0) is 54.4 Å². The summed E-state index contributed by atoms with van der Waals surface area (Å²) in [5.74, 6) is 3.54. The number of hydrogen-bond donors (Lipinski definition) is 0. The third-order valence-electron chi connectivity index (χ3n) is 6.22. The smallest absolute Gasteiger partial charge is 0.203 e. The van der Waals surface area contributed by atoms with Crippen LogP contribution in [0.15, 0.2) is 48.7 Å². The average Bonchev–Trinajstić information content (AvgIpc) is 3.24. The van der Waals surface area contributed by atoms with Gasteiger partial charge in [0.05, 0.1) is 41.6 Å². The highest BCUT2D eigenvalue weighted by Crippen LogP contribution is 2.43. The van der Waals surface area contributed by atoms with Gasteiger partial charge in [0.25, 0.3) is 0 Å². The van der Waals surface area contributed by atoms with E-state index in [9.17, 15) is 0 Å². The lowest BCUT2D eigenvalue weighted by atomic mass is 9.99. The maximum atomic E-state index is 5.67. The molecule has 33 heavy (non-hydrogen) atoms. The monoisotopic (exact) mass is 452 g/mol. The number of fused-ring (bicyclic) bond motifs is 1. The first-order valence-electron chi connectivity index (χ1n) is 11.0. The van der Waals surface area contributed by atoms with Crippen molar-refractivity contribution >= 4 is 0 Å². The van der Waals surface area contributed by atoms with E-state index < -0.39 is 0 Å². The lowest BCUT2D eigenvalue weighted by molar-refractivity contribution is 0.216. The lowest BCUT2D eigenvalue weighted by Gasteiger charge is -2.32. The molecular weight excluding hydrogens is 420 g/mol. The Morgan fingerprint density at radius 1 is 0.788 bits per heavy atom. The zero-order valence-corrected chi connectivity index (χ0v) is 20.0. The van der Waals surface area contributed by atoms with Gasteiger partial charge in [-0.3, -0.25) is 4.90 Å². The van der Waals surface area contributed by atoms with E-state index in [0.29, 0.717) is 23.8 Å². The summed E-state index contributed by atoms with van der Waals surface area (Å²) in [6, 6.07) is 14.3. The Balaban J connectivity index is 1.83. The van der Waals surface area contributed by atoms with E-state index in [1.54, 1.807) is 35.5 Å². The quantitative estimate of drug-likeness (QED) is 0.501. The van der Waals surface area contributed by atoms with Crippen molar-refractivity contribution in [2.75, 3.05) is 42.1 Å². The summed E-state index contributed by atoms with van der Waals surface area (Å²) in [6.07, 6.45) is 3.19. The predicted octanol–water partition coefficient (Wildman–Crippen LogP) is 4.53. The van der Waals surface area contributed by atoms with E-state index >= 15 is 0 Å². The Kier molecular flexibility index (Phi) is 6.99. The van der Waals surface area contributed by atoms with E-state index in [-0.39, 0.29) is 6.04 Å². The molecule has 4 rings (SSSR count). The van der Waals surface area contributed by atoms with Crippen molar-refractivity contribution < 1.29 is 23.7 Å². The van der Waals surface area contributed by atoms with Crippen molar-refractivity contribution in [3.8, 4) is 28.7 Å². The second-order valence-electron chi connectivity index (χ2n) is 7.99. The minimum absolute atomic E-state index is 0.00730. The minimum Gasteiger partial charge on any atom is -0.497 e. The third-order valence-corrected chi connectivity index (χ3v) is 6.22. The fourth-order valence-electron chi connectivity index (χ4n) is 4.67. The molecule has 2 aromatic carbocycles. The van der Waals surface area contributed by atoms with Crippen LogP contribution in [0, 0.1) is 0 Å². The summed E-state index contributed by atoms with van der Waals surface area (Å²) in [7, 11) is 8.31. The Morgan fingerprint density at radius 2 is 1.52 bits per heavy atom. The molecule has 0 bridgehead atoms. The predicted molar refractivity (Wildman–Crippen MR) is 127 cm³/mol. The molecule has 7 heteroatoms. The zero-order valence-electron chi connectivity index (χ0n) is 20.0. The van der Waals surface area contributed by atoms with E-state index in [1.165, 1.54) is 5.69 Å². The Bertz CT molecular complexity index is 1070. The molecule has 7 nitrogen and oxygen atoms in total. The van der Waals surface area contributed by atoms with Gasteiger partial charge in [0.1, 0.15) is 11.5 Å². The molecule has 1 aromatic heterocycles. The minimum atomic E-state index is -0.00730.